The predicted molar refractivity (Wildman–Crippen MR) is 107 cm³/mol. The van der Waals surface area contributed by atoms with E-state index in [9.17, 15) is 4.79 Å². The minimum absolute atomic E-state index is 0.0144. The summed E-state index contributed by atoms with van der Waals surface area (Å²) in [5.41, 5.74) is 4.61. The van der Waals surface area contributed by atoms with Crippen LogP contribution < -0.4 is 9.47 Å². The lowest BCUT2D eigenvalue weighted by Crippen LogP contribution is -2.07. The Morgan fingerprint density at radius 2 is 2.21 bits per heavy atom. The van der Waals surface area contributed by atoms with Gasteiger partial charge in [0.15, 0.2) is 0 Å². The van der Waals surface area contributed by atoms with E-state index in [-0.39, 0.29) is 18.4 Å². The normalized spacial score (nSPS) is 19.5. The van der Waals surface area contributed by atoms with Gasteiger partial charge in [-0.3, -0.25) is 4.79 Å². The van der Waals surface area contributed by atoms with E-state index in [0.29, 0.717) is 6.61 Å². The van der Waals surface area contributed by atoms with Crippen LogP contribution in [0.5, 0.6) is 11.5 Å². The summed E-state index contributed by atoms with van der Waals surface area (Å²) in [4.78, 5) is 15.5. The lowest BCUT2D eigenvalue weighted by atomic mass is 9.98. The van der Waals surface area contributed by atoms with Gasteiger partial charge in [-0.15, -0.1) is 0 Å². The molecule has 0 unspecified atom stereocenters. The zero-order valence-corrected chi connectivity index (χ0v) is 16.2. The smallest absolute Gasteiger partial charge is 0.304 e. The number of aromatic nitrogens is 2. The van der Waals surface area contributed by atoms with Gasteiger partial charge in [0.05, 0.1) is 13.0 Å². The van der Waals surface area contributed by atoms with Crippen LogP contribution in [0, 0.1) is 0 Å². The second-order valence-corrected chi connectivity index (χ2v) is 7.69. The van der Waals surface area contributed by atoms with Crippen molar-refractivity contribution in [2.45, 2.75) is 31.3 Å². The molecule has 0 spiro atoms. The van der Waals surface area contributed by atoms with Gasteiger partial charge < -0.3 is 19.1 Å². The molecule has 2 heterocycles. The molecule has 148 valence electrons. The molecule has 5 rings (SSSR count). The van der Waals surface area contributed by atoms with Crippen molar-refractivity contribution in [3.05, 3.63) is 65.5 Å². The summed E-state index contributed by atoms with van der Waals surface area (Å²) >= 11 is 0. The van der Waals surface area contributed by atoms with Crippen molar-refractivity contribution in [2.75, 3.05) is 6.61 Å². The van der Waals surface area contributed by atoms with Crippen molar-refractivity contribution in [2.24, 2.45) is 7.05 Å². The maximum Gasteiger partial charge on any atom is 0.304 e. The van der Waals surface area contributed by atoms with Crippen molar-refractivity contribution in [3.63, 3.8) is 0 Å². The molecule has 3 aromatic rings. The molecule has 0 saturated heterocycles. The summed E-state index contributed by atoms with van der Waals surface area (Å²) in [6.07, 6.45) is 5.71. The van der Waals surface area contributed by atoms with E-state index in [2.05, 4.69) is 23.2 Å². The molecule has 2 aromatic carbocycles. The number of rotatable bonds is 5. The molecule has 1 aliphatic carbocycles. The molecule has 2 atom stereocenters. The molecule has 1 aliphatic heterocycles. The zero-order chi connectivity index (χ0) is 20.0. The van der Waals surface area contributed by atoms with Crippen LogP contribution in [0.15, 0.2) is 48.8 Å². The Kier molecular flexibility index (Phi) is 4.27. The number of carboxylic acid groups (broad SMARTS) is 1. The van der Waals surface area contributed by atoms with Crippen LogP contribution in [-0.4, -0.2) is 27.2 Å². The van der Waals surface area contributed by atoms with Crippen LogP contribution in [0.3, 0.4) is 0 Å². The molecule has 2 aliphatic rings. The summed E-state index contributed by atoms with van der Waals surface area (Å²) in [5, 5.41) is 9.06. The van der Waals surface area contributed by atoms with Crippen LogP contribution in [0.25, 0.3) is 11.4 Å². The van der Waals surface area contributed by atoms with Crippen LogP contribution in [0.4, 0.5) is 0 Å². The summed E-state index contributed by atoms with van der Waals surface area (Å²) in [7, 11) is 2.01. The Morgan fingerprint density at radius 1 is 1.31 bits per heavy atom. The molecule has 1 N–H and O–H groups in total. The van der Waals surface area contributed by atoms with Crippen molar-refractivity contribution in [1.82, 2.24) is 9.55 Å². The number of hydrogen-bond acceptors (Lipinski definition) is 4. The highest BCUT2D eigenvalue weighted by Gasteiger charge is 2.29. The summed E-state index contributed by atoms with van der Waals surface area (Å²) in [6.45, 7) is 0.407. The van der Waals surface area contributed by atoms with Gasteiger partial charge in [-0.05, 0) is 30.0 Å². The van der Waals surface area contributed by atoms with Crippen molar-refractivity contribution in [1.29, 1.82) is 0 Å². The van der Waals surface area contributed by atoms with Crippen molar-refractivity contribution < 1.29 is 19.4 Å². The van der Waals surface area contributed by atoms with Crippen LogP contribution >= 0.6 is 0 Å². The number of hydrogen-bond donors (Lipinski definition) is 1. The Bertz CT molecular complexity index is 1090. The Balaban J connectivity index is 1.39. The number of ether oxygens (including phenoxy) is 2. The van der Waals surface area contributed by atoms with E-state index in [4.69, 9.17) is 14.6 Å². The van der Waals surface area contributed by atoms with Crippen molar-refractivity contribution >= 4 is 5.97 Å². The minimum Gasteiger partial charge on any atom is -0.492 e. The Hall–Kier alpha value is -3.28. The van der Waals surface area contributed by atoms with E-state index in [1.54, 1.807) is 0 Å². The molecule has 0 radical (unpaired) electrons. The first-order chi connectivity index (χ1) is 14.1. The molecule has 0 saturated carbocycles. The first kappa shape index (κ1) is 17.8. The van der Waals surface area contributed by atoms with Crippen molar-refractivity contribution in [3.8, 4) is 22.9 Å². The highest BCUT2D eigenvalue weighted by Crippen LogP contribution is 2.42. The van der Waals surface area contributed by atoms with E-state index in [0.717, 1.165) is 41.3 Å². The first-order valence-corrected chi connectivity index (χ1v) is 9.85. The van der Waals surface area contributed by atoms with Gasteiger partial charge in [0, 0.05) is 42.6 Å². The molecule has 0 amide bonds. The monoisotopic (exact) mass is 390 g/mol. The Labute approximate surface area is 168 Å². The summed E-state index contributed by atoms with van der Waals surface area (Å²) in [6, 6.07) is 12.1. The van der Waals surface area contributed by atoms with Gasteiger partial charge in [0.2, 0.25) is 0 Å². The number of aryl methyl sites for hydroxylation is 1. The second-order valence-electron chi connectivity index (χ2n) is 7.69. The molecule has 1 aromatic heterocycles. The van der Waals surface area contributed by atoms with Crippen LogP contribution in [-0.2, 0) is 18.3 Å². The van der Waals surface area contributed by atoms with Gasteiger partial charge in [0.1, 0.15) is 23.4 Å². The average molecular weight is 390 g/mol. The summed E-state index contributed by atoms with van der Waals surface area (Å²) < 4.78 is 14.1. The molecule has 0 fully saturated rings. The number of nitrogens with zero attached hydrogens (tertiary/aromatic N) is 2. The molecular formula is C23H22N2O4. The number of benzene rings is 2. The van der Waals surface area contributed by atoms with Gasteiger partial charge in [0.25, 0.3) is 0 Å². The maximum absolute atomic E-state index is 11.0. The lowest BCUT2D eigenvalue weighted by molar-refractivity contribution is -0.137. The number of carboxylic acids is 1. The zero-order valence-electron chi connectivity index (χ0n) is 16.2. The van der Waals surface area contributed by atoms with E-state index < -0.39 is 5.97 Å². The largest absolute Gasteiger partial charge is 0.492 e. The average Bonchev–Trinajstić information content (AvgIpc) is 3.41. The van der Waals surface area contributed by atoms with Crippen LogP contribution in [0.1, 0.15) is 41.6 Å². The maximum atomic E-state index is 11.0. The summed E-state index contributed by atoms with van der Waals surface area (Å²) in [5.74, 6) is 1.55. The fourth-order valence-corrected chi connectivity index (χ4v) is 4.45. The standard InChI is InChI=1S/C23H22N2O4/c1-25-10-9-24-23(25)19-4-2-3-18-17(19)7-8-20(18)29-15-5-6-16-14(11-22(26)27)13-28-21(16)12-15/h2-6,9-10,12,14,20H,7-8,11,13H2,1H3,(H,26,27)/t14-,20-/m1/s1. The third kappa shape index (κ3) is 3.14. The van der Waals surface area contributed by atoms with E-state index in [1.165, 1.54) is 11.1 Å². The third-order valence-corrected chi connectivity index (χ3v) is 5.84. The fourth-order valence-electron chi connectivity index (χ4n) is 4.45. The number of carbonyl (C=O) groups is 1. The Morgan fingerprint density at radius 3 is 3.00 bits per heavy atom. The third-order valence-electron chi connectivity index (χ3n) is 5.84. The lowest BCUT2D eigenvalue weighted by Gasteiger charge is -2.16. The molecule has 6 nitrogen and oxygen atoms in total. The fraction of sp³-hybridized carbons (Fsp3) is 0.304. The van der Waals surface area contributed by atoms with Crippen LogP contribution in [0.2, 0.25) is 0 Å². The topological polar surface area (TPSA) is 73.6 Å². The predicted octanol–water partition coefficient (Wildman–Crippen LogP) is 4.10. The highest BCUT2D eigenvalue weighted by molar-refractivity contribution is 5.69. The van der Waals surface area contributed by atoms with E-state index >= 15 is 0 Å². The number of aliphatic carboxylic acids is 1. The highest BCUT2D eigenvalue weighted by atomic mass is 16.5. The number of fused-ring (bicyclic) bond motifs is 2. The van der Waals surface area contributed by atoms with Gasteiger partial charge in [-0.25, -0.2) is 4.98 Å². The molecule has 0 bridgehead atoms. The minimum atomic E-state index is -0.808. The van der Waals surface area contributed by atoms with Gasteiger partial charge in [-0.2, -0.15) is 0 Å². The van der Waals surface area contributed by atoms with Gasteiger partial charge in [-0.1, -0.05) is 24.3 Å². The molecule has 6 heteroatoms. The van der Waals surface area contributed by atoms with Gasteiger partial charge >= 0.3 is 5.97 Å². The quantitative estimate of drug-likeness (QED) is 0.710. The first-order valence-electron chi connectivity index (χ1n) is 9.85. The second kappa shape index (κ2) is 6.95. The molecule has 29 heavy (non-hydrogen) atoms. The molecular weight excluding hydrogens is 368 g/mol. The SMILES string of the molecule is Cn1ccnc1-c1cccc2c1CC[C@H]2Oc1ccc2c(c1)OC[C@H]2CC(=O)O. The number of imidazole rings is 1. The van der Waals surface area contributed by atoms with E-state index in [1.807, 2.05) is 42.2 Å².